The molecule has 2 aromatic rings. The lowest BCUT2D eigenvalue weighted by molar-refractivity contribution is 0.112. The van der Waals surface area contributed by atoms with Crippen molar-refractivity contribution in [3.63, 3.8) is 0 Å². The number of hydrogen-bond donors (Lipinski definition) is 1. The SMILES string of the molecule is COc1c(C)cc2c(c1N)c(C=O)c(Cl)n2C. The van der Waals surface area contributed by atoms with Gasteiger partial charge in [-0.1, -0.05) is 11.6 Å². The van der Waals surface area contributed by atoms with Crippen LogP contribution < -0.4 is 10.5 Å². The molecule has 4 nitrogen and oxygen atoms in total. The summed E-state index contributed by atoms with van der Waals surface area (Å²) < 4.78 is 6.98. The number of aldehydes is 1. The van der Waals surface area contributed by atoms with Crippen LogP contribution in [-0.2, 0) is 7.05 Å². The zero-order valence-electron chi connectivity index (χ0n) is 9.87. The molecule has 90 valence electrons. The molecule has 0 saturated carbocycles. The molecule has 5 heteroatoms. The maximum absolute atomic E-state index is 11.1. The van der Waals surface area contributed by atoms with Gasteiger partial charge in [-0.15, -0.1) is 0 Å². The Balaban J connectivity index is 3.02. The molecule has 0 aliphatic carbocycles. The first-order valence-electron chi connectivity index (χ1n) is 5.09. The minimum Gasteiger partial charge on any atom is -0.494 e. The number of fused-ring (bicyclic) bond motifs is 1. The van der Waals surface area contributed by atoms with E-state index in [1.54, 1.807) is 18.7 Å². The zero-order valence-corrected chi connectivity index (χ0v) is 10.6. The summed E-state index contributed by atoms with van der Waals surface area (Å²) in [7, 11) is 3.35. The molecular formula is C12H13ClN2O2. The molecule has 0 bridgehead atoms. The van der Waals surface area contributed by atoms with E-state index in [1.165, 1.54) is 0 Å². The van der Waals surface area contributed by atoms with Crippen molar-refractivity contribution in [3.8, 4) is 5.75 Å². The van der Waals surface area contributed by atoms with Gasteiger partial charge < -0.3 is 15.0 Å². The molecule has 0 fully saturated rings. The van der Waals surface area contributed by atoms with Gasteiger partial charge in [-0.25, -0.2) is 0 Å². The van der Waals surface area contributed by atoms with E-state index in [4.69, 9.17) is 22.1 Å². The Morgan fingerprint density at radius 3 is 2.71 bits per heavy atom. The highest BCUT2D eigenvalue weighted by Gasteiger charge is 2.19. The number of halogens is 1. The number of nitrogen functional groups attached to an aromatic ring is 1. The largest absolute Gasteiger partial charge is 0.494 e. The Hall–Kier alpha value is -1.68. The number of anilines is 1. The van der Waals surface area contributed by atoms with E-state index < -0.39 is 0 Å². The molecular weight excluding hydrogens is 240 g/mol. The van der Waals surface area contributed by atoms with Crippen molar-refractivity contribution >= 4 is 34.5 Å². The Bertz CT molecular complexity index is 617. The summed E-state index contributed by atoms with van der Waals surface area (Å²) >= 11 is 6.09. The molecule has 0 unspecified atom stereocenters. The van der Waals surface area contributed by atoms with Crippen molar-refractivity contribution in [1.29, 1.82) is 0 Å². The number of carbonyl (C=O) groups excluding carboxylic acids is 1. The zero-order chi connectivity index (χ0) is 12.7. The Morgan fingerprint density at radius 1 is 1.53 bits per heavy atom. The summed E-state index contributed by atoms with van der Waals surface area (Å²) in [6.45, 7) is 1.90. The number of hydrogen-bond acceptors (Lipinski definition) is 3. The number of nitrogens with zero attached hydrogens (tertiary/aromatic N) is 1. The summed E-state index contributed by atoms with van der Waals surface area (Å²) in [6, 6.07) is 1.91. The van der Waals surface area contributed by atoms with Gasteiger partial charge in [-0.05, 0) is 18.6 Å². The van der Waals surface area contributed by atoms with Crippen molar-refractivity contribution in [1.82, 2.24) is 4.57 Å². The maximum Gasteiger partial charge on any atom is 0.153 e. The first-order chi connectivity index (χ1) is 8.02. The van der Waals surface area contributed by atoms with Gasteiger partial charge in [0.1, 0.15) is 10.9 Å². The van der Waals surface area contributed by atoms with E-state index in [0.29, 0.717) is 27.5 Å². The van der Waals surface area contributed by atoms with Crippen LogP contribution in [0.3, 0.4) is 0 Å². The fourth-order valence-electron chi connectivity index (χ4n) is 2.12. The fraction of sp³-hybridized carbons (Fsp3) is 0.250. The molecule has 0 aliphatic heterocycles. The Kier molecular flexibility index (Phi) is 2.75. The minimum absolute atomic E-state index is 0.384. The van der Waals surface area contributed by atoms with E-state index in [9.17, 15) is 4.79 Å². The second-order valence-corrected chi connectivity index (χ2v) is 4.27. The van der Waals surface area contributed by atoms with Gasteiger partial charge in [0.15, 0.2) is 6.29 Å². The molecule has 0 radical (unpaired) electrons. The third-order valence-corrected chi connectivity index (χ3v) is 3.41. The quantitative estimate of drug-likeness (QED) is 0.660. The van der Waals surface area contributed by atoms with Gasteiger partial charge in [0.05, 0.1) is 23.9 Å². The number of carbonyl (C=O) groups is 1. The third-order valence-electron chi connectivity index (χ3n) is 2.95. The fourth-order valence-corrected chi connectivity index (χ4v) is 2.35. The number of rotatable bonds is 2. The summed E-state index contributed by atoms with van der Waals surface area (Å²) in [6.07, 6.45) is 0.718. The van der Waals surface area contributed by atoms with Crippen LogP contribution in [0.2, 0.25) is 5.15 Å². The monoisotopic (exact) mass is 252 g/mol. The lowest BCUT2D eigenvalue weighted by Crippen LogP contribution is -1.97. The second kappa shape index (κ2) is 3.96. The number of aryl methyl sites for hydroxylation is 2. The van der Waals surface area contributed by atoms with E-state index in [2.05, 4.69) is 0 Å². The average molecular weight is 253 g/mol. The van der Waals surface area contributed by atoms with E-state index in [0.717, 1.165) is 17.4 Å². The highest BCUT2D eigenvalue weighted by molar-refractivity contribution is 6.35. The molecule has 1 aromatic heterocycles. The van der Waals surface area contributed by atoms with Gasteiger partial charge in [0.2, 0.25) is 0 Å². The topological polar surface area (TPSA) is 57.2 Å². The van der Waals surface area contributed by atoms with Crippen LogP contribution in [-0.4, -0.2) is 18.0 Å². The van der Waals surface area contributed by atoms with Gasteiger partial charge in [0.25, 0.3) is 0 Å². The highest BCUT2D eigenvalue weighted by atomic mass is 35.5. The molecule has 2 rings (SSSR count). The van der Waals surface area contributed by atoms with Crippen molar-refractivity contribution in [2.45, 2.75) is 6.92 Å². The van der Waals surface area contributed by atoms with Crippen molar-refractivity contribution in [2.75, 3.05) is 12.8 Å². The van der Waals surface area contributed by atoms with E-state index >= 15 is 0 Å². The van der Waals surface area contributed by atoms with Crippen LogP contribution in [0.1, 0.15) is 15.9 Å². The lowest BCUT2D eigenvalue weighted by atomic mass is 10.1. The minimum atomic E-state index is 0.384. The van der Waals surface area contributed by atoms with Crippen molar-refractivity contribution in [3.05, 3.63) is 22.3 Å². The Morgan fingerprint density at radius 2 is 2.18 bits per heavy atom. The van der Waals surface area contributed by atoms with Crippen LogP contribution in [0.5, 0.6) is 5.75 Å². The highest BCUT2D eigenvalue weighted by Crippen LogP contribution is 2.39. The lowest BCUT2D eigenvalue weighted by Gasteiger charge is -2.10. The van der Waals surface area contributed by atoms with Crippen LogP contribution in [0.25, 0.3) is 10.9 Å². The van der Waals surface area contributed by atoms with Gasteiger partial charge in [-0.2, -0.15) is 0 Å². The average Bonchev–Trinajstić information content (AvgIpc) is 2.54. The normalized spacial score (nSPS) is 10.8. The number of nitrogens with two attached hydrogens (primary N) is 1. The van der Waals surface area contributed by atoms with Crippen LogP contribution in [0.15, 0.2) is 6.07 Å². The number of ether oxygens (including phenoxy) is 1. The van der Waals surface area contributed by atoms with E-state index in [-0.39, 0.29) is 0 Å². The molecule has 0 spiro atoms. The summed E-state index contributed by atoms with van der Waals surface area (Å²) in [5, 5.41) is 1.03. The molecule has 1 aromatic carbocycles. The van der Waals surface area contributed by atoms with Crippen LogP contribution in [0, 0.1) is 6.92 Å². The number of benzene rings is 1. The van der Waals surface area contributed by atoms with Gasteiger partial charge in [-0.3, -0.25) is 4.79 Å². The van der Waals surface area contributed by atoms with Gasteiger partial charge >= 0.3 is 0 Å². The predicted molar refractivity (Wildman–Crippen MR) is 69.0 cm³/mol. The van der Waals surface area contributed by atoms with Gasteiger partial charge in [0, 0.05) is 12.4 Å². The number of methoxy groups -OCH3 is 1. The molecule has 1 heterocycles. The molecule has 2 N–H and O–H groups in total. The molecule has 0 aliphatic rings. The second-order valence-electron chi connectivity index (χ2n) is 3.92. The summed E-state index contributed by atoms with van der Waals surface area (Å²) in [5.41, 5.74) is 8.62. The third kappa shape index (κ3) is 1.48. The molecule has 0 amide bonds. The summed E-state index contributed by atoms with van der Waals surface area (Å²) in [5.74, 6) is 0.586. The maximum atomic E-state index is 11.1. The standard InChI is InChI=1S/C12H13ClN2O2/c1-6-4-8-9(10(14)11(6)17-3)7(5-16)12(13)15(8)2/h4-5H,14H2,1-3H3. The molecule has 0 atom stereocenters. The summed E-state index contributed by atoms with van der Waals surface area (Å²) in [4.78, 5) is 11.1. The predicted octanol–water partition coefficient (Wildman–Crippen LogP) is 2.54. The first kappa shape index (κ1) is 11.8. The molecule has 17 heavy (non-hydrogen) atoms. The van der Waals surface area contributed by atoms with Crippen LogP contribution in [0.4, 0.5) is 5.69 Å². The van der Waals surface area contributed by atoms with Crippen LogP contribution >= 0.6 is 11.6 Å². The smallest absolute Gasteiger partial charge is 0.153 e. The van der Waals surface area contributed by atoms with Crippen molar-refractivity contribution < 1.29 is 9.53 Å². The van der Waals surface area contributed by atoms with E-state index in [1.807, 2.05) is 13.0 Å². The Labute approximate surface area is 104 Å². The number of aromatic nitrogens is 1. The van der Waals surface area contributed by atoms with Crippen molar-refractivity contribution in [2.24, 2.45) is 7.05 Å². The first-order valence-corrected chi connectivity index (χ1v) is 5.46. The molecule has 0 saturated heterocycles.